The standard InChI is InChI=1S/C20H19NO3S/c1-2-23-15-9-11-16(12-10-15)24-19-8-4-3-7-18(19)21-20(22)14-17-6-5-13-25-17/h3-13H,2,14H2,1H3,(H,21,22). The smallest absolute Gasteiger partial charge is 0.229 e. The summed E-state index contributed by atoms with van der Waals surface area (Å²) in [6, 6.07) is 18.7. The van der Waals surface area contributed by atoms with Crippen LogP contribution in [0.5, 0.6) is 17.2 Å². The highest BCUT2D eigenvalue weighted by Crippen LogP contribution is 2.30. The van der Waals surface area contributed by atoms with Crippen molar-refractivity contribution in [3.63, 3.8) is 0 Å². The van der Waals surface area contributed by atoms with Crippen molar-refractivity contribution >= 4 is 22.9 Å². The van der Waals surface area contributed by atoms with Gasteiger partial charge in [0.25, 0.3) is 0 Å². The average molecular weight is 353 g/mol. The molecule has 1 amide bonds. The summed E-state index contributed by atoms with van der Waals surface area (Å²) in [5, 5.41) is 4.88. The van der Waals surface area contributed by atoms with Gasteiger partial charge in [0.1, 0.15) is 11.5 Å². The van der Waals surface area contributed by atoms with Gasteiger partial charge in [-0.1, -0.05) is 18.2 Å². The van der Waals surface area contributed by atoms with E-state index in [1.165, 1.54) is 0 Å². The van der Waals surface area contributed by atoms with Crippen LogP contribution in [0.3, 0.4) is 0 Å². The van der Waals surface area contributed by atoms with Crippen LogP contribution in [-0.4, -0.2) is 12.5 Å². The Morgan fingerprint density at radius 1 is 1.00 bits per heavy atom. The molecular formula is C20H19NO3S. The van der Waals surface area contributed by atoms with Gasteiger partial charge in [-0.15, -0.1) is 11.3 Å². The van der Waals surface area contributed by atoms with Gasteiger partial charge in [0.15, 0.2) is 5.75 Å². The third-order valence-electron chi connectivity index (χ3n) is 3.44. The van der Waals surface area contributed by atoms with Gasteiger partial charge in [-0.2, -0.15) is 0 Å². The molecule has 3 aromatic rings. The van der Waals surface area contributed by atoms with Crippen LogP contribution in [0, 0.1) is 0 Å². The highest BCUT2D eigenvalue weighted by atomic mass is 32.1. The summed E-state index contributed by atoms with van der Waals surface area (Å²) in [6.45, 7) is 2.57. The van der Waals surface area contributed by atoms with E-state index >= 15 is 0 Å². The molecular weight excluding hydrogens is 334 g/mol. The molecule has 2 aromatic carbocycles. The zero-order chi connectivity index (χ0) is 17.5. The first-order chi connectivity index (χ1) is 12.2. The molecule has 0 aliphatic carbocycles. The fraction of sp³-hybridized carbons (Fsp3) is 0.150. The molecule has 0 fully saturated rings. The van der Waals surface area contributed by atoms with E-state index in [0.29, 0.717) is 30.2 Å². The molecule has 0 saturated heterocycles. The maximum Gasteiger partial charge on any atom is 0.229 e. The zero-order valence-electron chi connectivity index (χ0n) is 13.9. The van der Waals surface area contributed by atoms with Crippen molar-refractivity contribution in [2.75, 3.05) is 11.9 Å². The molecule has 5 heteroatoms. The van der Waals surface area contributed by atoms with Gasteiger partial charge in [-0.3, -0.25) is 4.79 Å². The topological polar surface area (TPSA) is 47.6 Å². The molecule has 1 aromatic heterocycles. The van der Waals surface area contributed by atoms with Crippen LogP contribution in [0.25, 0.3) is 0 Å². The number of carbonyl (C=O) groups excluding carboxylic acids is 1. The van der Waals surface area contributed by atoms with Crippen LogP contribution < -0.4 is 14.8 Å². The van der Waals surface area contributed by atoms with Gasteiger partial charge < -0.3 is 14.8 Å². The Hall–Kier alpha value is -2.79. The molecule has 1 heterocycles. The molecule has 4 nitrogen and oxygen atoms in total. The van der Waals surface area contributed by atoms with Crippen LogP contribution in [0.1, 0.15) is 11.8 Å². The zero-order valence-corrected chi connectivity index (χ0v) is 14.7. The van der Waals surface area contributed by atoms with Crippen molar-refractivity contribution in [1.82, 2.24) is 0 Å². The quantitative estimate of drug-likeness (QED) is 0.641. The summed E-state index contributed by atoms with van der Waals surface area (Å²) >= 11 is 1.57. The van der Waals surface area contributed by atoms with Gasteiger partial charge in [0.05, 0.1) is 18.7 Å². The van der Waals surface area contributed by atoms with Gasteiger partial charge in [-0.25, -0.2) is 0 Å². The predicted octanol–water partition coefficient (Wildman–Crippen LogP) is 5.12. The summed E-state index contributed by atoms with van der Waals surface area (Å²) in [5.74, 6) is 2.02. The second kappa shape index (κ2) is 8.35. The first-order valence-electron chi connectivity index (χ1n) is 8.06. The third-order valence-corrected chi connectivity index (χ3v) is 4.31. The number of hydrogen-bond donors (Lipinski definition) is 1. The summed E-state index contributed by atoms with van der Waals surface area (Å²) in [6.07, 6.45) is 0.356. The SMILES string of the molecule is CCOc1ccc(Oc2ccccc2NC(=O)Cc2cccs2)cc1. The average Bonchev–Trinajstić information content (AvgIpc) is 3.11. The maximum absolute atomic E-state index is 12.2. The highest BCUT2D eigenvalue weighted by Gasteiger charge is 2.10. The Balaban J connectivity index is 1.68. The lowest BCUT2D eigenvalue weighted by molar-refractivity contribution is -0.115. The summed E-state index contributed by atoms with van der Waals surface area (Å²) < 4.78 is 11.3. The number of anilines is 1. The molecule has 0 saturated carbocycles. The molecule has 0 spiro atoms. The van der Waals surface area contributed by atoms with Crippen molar-refractivity contribution in [3.8, 4) is 17.2 Å². The van der Waals surface area contributed by atoms with E-state index in [0.717, 1.165) is 10.6 Å². The largest absolute Gasteiger partial charge is 0.494 e. The lowest BCUT2D eigenvalue weighted by atomic mass is 10.2. The summed E-state index contributed by atoms with van der Waals surface area (Å²) in [4.78, 5) is 13.3. The van der Waals surface area contributed by atoms with Crippen LogP contribution >= 0.6 is 11.3 Å². The van der Waals surface area contributed by atoms with Crippen molar-refractivity contribution in [1.29, 1.82) is 0 Å². The molecule has 0 aliphatic heterocycles. The van der Waals surface area contributed by atoms with Crippen molar-refractivity contribution in [3.05, 3.63) is 70.9 Å². The highest BCUT2D eigenvalue weighted by molar-refractivity contribution is 7.10. The minimum Gasteiger partial charge on any atom is -0.494 e. The van der Waals surface area contributed by atoms with Crippen LogP contribution in [0.2, 0.25) is 0 Å². The van der Waals surface area contributed by atoms with E-state index in [9.17, 15) is 4.79 Å². The number of hydrogen-bond acceptors (Lipinski definition) is 4. The summed E-state index contributed by atoms with van der Waals surface area (Å²) in [5.41, 5.74) is 0.651. The lowest BCUT2D eigenvalue weighted by Crippen LogP contribution is -2.14. The van der Waals surface area contributed by atoms with Gasteiger partial charge in [-0.05, 0) is 54.8 Å². The van der Waals surface area contributed by atoms with Crippen LogP contribution in [-0.2, 0) is 11.2 Å². The Morgan fingerprint density at radius 2 is 1.76 bits per heavy atom. The van der Waals surface area contributed by atoms with E-state index < -0.39 is 0 Å². The third kappa shape index (κ3) is 4.84. The number of benzene rings is 2. The number of carbonyl (C=O) groups is 1. The van der Waals surface area contributed by atoms with Gasteiger partial charge >= 0.3 is 0 Å². The Bertz CT molecular complexity index is 813. The molecule has 0 unspecified atom stereocenters. The van der Waals surface area contributed by atoms with E-state index in [1.54, 1.807) is 11.3 Å². The Labute approximate surface area is 151 Å². The van der Waals surface area contributed by atoms with Gasteiger partial charge in [0.2, 0.25) is 5.91 Å². The summed E-state index contributed by atoms with van der Waals surface area (Å²) in [7, 11) is 0. The van der Waals surface area contributed by atoms with Crippen LogP contribution in [0.15, 0.2) is 66.0 Å². The molecule has 1 N–H and O–H groups in total. The maximum atomic E-state index is 12.2. The molecule has 0 bridgehead atoms. The fourth-order valence-electron chi connectivity index (χ4n) is 2.32. The molecule has 0 radical (unpaired) electrons. The van der Waals surface area contributed by atoms with Crippen molar-refractivity contribution < 1.29 is 14.3 Å². The van der Waals surface area contributed by atoms with E-state index in [1.807, 2.05) is 73.0 Å². The number of thiophene rings is 1. The first-order valence-corrected chi connectivity index (χ1v) is 8.94. The van der Waals surface area contributed by atoms with Crippen molar-refractivity contribution in [2.24, 2.45) is 0 Å². The minimum atomic E-state index is -0.0646. The normalized spacial score (nSPS) is 10.3. The number of ether oxygens (including phenoxy) is 2. The molecule has 0 aliphatic rings. The van der Waals surface area contributed by atoms with E-state index in [4.69, 9.17) is 9.47 Å². The van der Waals surface area contributed by atoms with E-state index in [2.05, 4.69) is 5.32 Å². The first kappa shape index (κ1) is 17.0. The number of rotatable bonds is 7. The molecule has 0 atom stereocenters. The van der Waals surface area contributed by atoms with Crippen LogP contribution in [0.4, 0.5) is 5.69 Å². The second-order valence-electron chi connectivity index (χ2n) is 5.31. The minimum absolute atomic E-state index is 0.0646. The number of nitrogens with one attached hydrogen (secondary N) is 1. The van der Waals surface area contributed by atoms with E-state index in [-0.39, 0.29) is 5.91 Å². The Morgan fingerprint density at radius 3 is 2.48 bits per heavy atom. The fourth-order valence-corrected chi connectivity index (χ4v) is 3.03. The predicted molar refractivity (Wildman–Crippen MR) is 101 cm³/mol. The molecule has 3 rings (SSSR count). The lowest BCUT2D eigenvalue weighted by Gasteiger charge is -2.12. The molecule has 128 valence electrons. The van der Waals surface area contributed by atoms with Crippen molar-refractivity contribution in [2.45, 2.75) is 13.3 Å². The number of amides is 1. The number of para-hydroxylation sites is 2. The Kier molecular flexibility index (Phi) is 5.69. The molecule has 25 heavy (non-hydrogen) atoms. The second-order valence-corrected chi connectivity index (χ2v) is 6.34. The van der Waals surface area contributed by atoms with Gasteiger partial charge in [0, 0.05) is 4.88 Å². The monoisotopic (exact) mass is 353 g/mol.